The predicted molar refractivity (Wildman–Crippen MR) is 86.6 cm³/mol. The maximum absolute atomic E-state index is 12.4. The first kappa shape index (κ1) is 16.2. The molecule has 0 spiro atoms. The van der Waals surface area contributed by atoms with Gasteiger partial charge in [-0.3, -0.25) is 9.69 Å². The number of hydrogen-bond acceptors (Lipinski definition) is 4. The number of β-amino-alcohol motifs (C(OH)–C–C–N with tert-alkyl or cyclic N) is 1. The van der Waals surface area contributed by atoms with E-state index in [9.17, 15) is 9.90 Å². The number of nitrogens with zero attached hydrogens (tertiary/aromatic N) is 2. The van der Waals surface area contributed by atoms with E-state index in [1.165, 1.54) is 6.42 Å². The van der Waals surface area contributed by atoms with Crippen LogP contribution in [-0.2, 0) is 4.79 Å². The molecule has 3 atom stereocenters. The molecule has 3 aliphatic rings. The molecule has 5 nitrogen and oxygen atoms in total. The van der Waals surface area contributed by atoms with Gasteiger partial charge in [0, 0.05) is 31.6 Å². The number of nitrogens with one attached hydrogen (secondary N) is 1. The standard InChI is InChI=1S/C17H31N3O2/c1-19-8-5-13(6-9-19)11-17(22)18-15-3-2-4-16(15)20-10-7-14(21)12-20/h13-16,21H,2-12H2,1H3,(H,18,22)/t14?,15-,16+/m1/s1. The minimum atomic E-state index is -0.170. The van der Waals surface area contributed by atoms with Crippen LogP contribution in [0.15, 0.2) is 0 Å². The van der Waals surface area contributed by atoms with E-state index in [4.69, 9.17) is 0 Å². The van der Waals surface area contributed by atoms with Gasteiger partial charge in [0.25, 0.3) is 0 Å². The average molecular weight is 309 g/mol. The van der Waals surface area contributed by atoms with E-state index in [0.717, 1.165) is 58.3 Å². The van der Waals surface area contributed by atoms with Crippen LogP contribution >= 0.6 is 0 Å². The zero-order valence-electron chi connectivity index (χ0n) is 13.8. The molecule has 1 saturated carbocycles. The van der Waals surface area contributed by atoms with E-state index in [1.807, 2.05) is 0 Å². The van der Waals surface area contributed by atoms with Crippen molar-refractivity contribution >= 4 is 5.91 Å². The molecule has 2 aliphatic heterocycles. The lowest BCUT2D eigenvalue weighted by atomic mass is 9.93. The van der Waals surface area contributed by atoms with Crippen LogP contribution in [0.2, 0.25) is 0 Å². The minimum absolute atomic E-state index is 0.170. The van der Waals surface area contributed by atoms with Crippen LogP contribution in [-0.4, -0.2) is 72.2 Å². The summed E-state index contributed by atoms with van der Waals surface area (Å²) in [7, 11) is 2.16. The van der Waals surface area contributed by atoms with Crippen LogP contribution in [0.5, 0.6) is 0 Å². The molecule has 5 heteroatoms. The number of hydrogen-bond donors (Lipinski definition) is 2. The van der Waals surface area contributed by atoms with Gasteiger partial charge in [0.05, 0.1) is 6.10 Å². The van der Waals surface area contributed by atoms with Crippen LogP contribution < -0.4 is 5.32 Å². The maximum Gasteiger partial charge on any atom is 0.220 e. The van der Waals surface area contributed by atoms with E-state index in [2.05, 4.69) is 22.2 Å². The summed E-state index contributed by atoms with van der Waals surface area (Å²) < 4.78 is 0. The van der Waals surface area contributed by atoms with Gasteiger partial charge in [-0.05, 0) is 64.6 Å². The Morgan fingerprint density at radius 1 is 1.14 bits per heavy atom. The molecule has 1 aliphatic carbocycles. The number of aliphatic hydroxyl groups is 1. The van der Waals surface area contributed by atoms with Crippen LogP contribution in [0.1, 0.15) is 44.9 Å². The van der Waals surface area contributed by atoms with Crippen LogP contribution in [0.3, 0.4) is 0 Å². The smallest absolute Gasteiger partial charge is 0.220 e. The Labute approximate surface area is 134 Å². The van der Waals surface area contributed by atoms with Gasteiger partial charge in [-0.25, -0.2) is 0 Å². The highest BCUT2D eigenvalue weighted by Crippen LogP contribution is 2.28. The number of aliphatic hydroxyl groups excluding tert-OH is 1. The third-order valence-corrected chi connectivity index (χ3v) is 5.80. The Balaban J connectivity index is 1.46. The Bertz CT molecular complexity index is 382. The van der Waals surface area contributed by atoms with Gasteiger partial charge in [-0.2, -0.15) is 0 Å². The Morgan fingerprint density at radius 2 is 1.91 bits per heavy atom. The van der Waals surface area contributed by atoms with Crippen molar-refractivity contribution in [1.29, 1.82) is 0 Å². The van der Waals surface area contributed by atoms with Crippen molar-refractivity contribution in [2.24, 2.45) is 5.92 Å². The lowest BCUT2D eigenvalue weighted by Crippen LogP contribution is -2.48. The van der Waals surface area contributed by atoms with Gasteiger partial charge < -0.3 is 15.3 Å². The molecular formula is C17H31N3O2. The summed E-state index contributed by atoms with van der Waals surface area (Å²) in [5.41, 5.74) is 0. The molecule has 1 amide bonds. The Kier molecular flexibility index (Phi) is 5.37. The number of amides is 1. The topological polar surface area (TPSA) is 55.8 Å². The number of rotatable bonds is 4. The van der Waals surface area contributed by atoms with Crippen molar-refractivity contribution in [1.82, 2.24) is 15.1 Å². The Morgan fingerprint density at radius 3 is 2.59 bits per heavy atom. The fourth-order valence-electron chi connectivity index (χ4n) is 4.41. The highest BCUT2D eigenvalue weighted by atomic mass is 16.3. The molecule has 22 heavy (non-hydrogen) atoms. The van der Waals surface area contributed by atoms with Crippen molar-refractivity contribution in [3.8, 4) is 0 Å². The second-order valence-electron chi connectivity index (χ2n) is 7.56. The van der Waals surface area contributed by atoms with E-state index in [-0.39, 0.29) is 12.0 Å². The molecule has 0 aromatic heterocycles. The monoisotopic (exact) mass is 309 g/mol. The molecule has 2 N–H and O–H groups in total. The molecule has 0 bridgehead atoms. The fraction of sp³-hybridized carbons (Fsp3) is 0.941. The van der Waals surface area contributed by atoms with Gasteiger partial charge in [-0.15, -0.1) is 0 Å². The third-order valence-electron chi connectivity index (χ3n) is 5.80. The predicted octanol–water partition coefficient (Wildman–Crippen LogP) is 0.822. The van der Waals surface area contributed by atoms with E-state index in [1.54, 1.807) is 0 Å². The zero-order valence-corrected chi connectivity index (χ0v) is 13.8. The Hall–Kier alpha value is -0.650. The van der Waals surface area contributed by atoms with Gasteiger partial charge >= 0.3 is 0 Å². The zero-order chi connectivity index (χ0) is 15.5. The van der Waals surface area contributed by atoms with Gasteiger partial charge in [0.15, 0.2) is 0 Å². The molecule has 3 fully saturated rings. The summed E-state index contributed by atoms with van der Waals surface area (Å²) in [6, 6.07) is 0.739. The highest BCUT2D eigenvalue weighted by Gasteiger charge is 2.36. The first-order valence-corrected chi connectivity index (χ1v) is 9.02. The normalized spacial score (nSPS) is 35.1. The molecule has 1 unspecified atom stereocenters. The van der Waals surface area contributed by atoms with Crippen molar-refractivity contribution in [3.63, 3.8) is 0 Å². The number of piperidine rings is 1. The van der Waals surface area contributed by atoms with Crippen molar-refractivity contribution < 1.29 is 9.90 Å². The first-order chi connectivity index (χ1) is 10.6. The van der Waals surface area contributed by atoms with Gasteiger partial charge in [0.1, 0.15) is 0 Å². The molecule has 3 rings (SSSR count). The minimum Gasteiger partial charge on any atom is -0.392 e. The molecule has 0 aromatic carbocycles. The van der Waals surface area contributed by atoms with Gasteiger partial charge in [0.2, 0.25) is 5.91 Å². The molecule has 0 radical (unpaired) electrons. The first-order valence-electron chi connectivity index (χ1n) is 9.02. The summed E-state index contributed by atoms with van der Waals surface area (Å²) in [6.07, 6.45) is 7.15. The largest absolute Gasteiger partial charge is 0.392 e. The summed E-state index contributed by atoms with van der Waals surface area (Å²) >= 11 is 0. The van der Waals surface area contributed by atoms with Crippen LogP contribution in [0, 0.1) is 5.92 Å². The fourth-order valence-corrected chi connectivity index (χ4v) is 4.41. The molecule has 126 valence electrons. The lowest BCUT2D eigenvalue weighted by molar-refractivity contribution is -0.123. The maximum atomic E-state index is 12.4. The van der Waals surface area contributed by atoms with Crippen molar-refractivity contribution in [2.45, 2.75) is 63.1 Å². The summed E-state index contributed by atoms with van der Waals surface area (Å²) in [6.45, 7) is 4.00. The van der Waals surface area contributed by atoms with E-state index < -0.39 is 0 Å². The third kappa shape index (κ3) is 4.00. The second-order valence-corrected chi connectivity index (χ2v) is 7.56. The molecule has 2 heterocycles. The molecule has 2 saturated heterocycles. The number of carbonyl (C=O) groups is 1. The lowest BCUT2D eigenvalue weighted by Gasteiger charge is -2.31. The van der Waals surface area contributed by atoms with Crippen LogP contribution in [0.4, 0.5) is 0 Å². The summed E-state index contributed by atoms with van der Waals surface area (Å²) in [4.78, 5) is 17.1. The van der Waals surface area contributed by atoms with Gasteiger partial charge in [-0.1, -0.05) is 0 Å². The summed E-state index contributed by atoms with van der Waals surface area (Å²) in [5.74, 6) is 0.802. The van der Waals surface area contributed by atoms with E-state index >= 15 is 0 Å². The van der Waals surface area contributed by atoms with Crippen molar-refractivity contribution in [3.05, 3.63) is 0 Å². The summed E-state index contributed by atoms with van der Waals surface area (Å²) in [5, 5.41) is 13.0. The van der Waals surface area contributed by atoms with Crippen molar-refractivity contribution in [2.75, 3.05) is 33.2 Å². The molecule has 0 aromatic rings. The SMILES string of the molecule is CN1CCC(CC(=O)N[C@@H]2CCC[C@@H]2N2CCC(O)C2)CC1. The second kappa shape index (κ2) is 7.28. The number of carbonyl (C=O) groups excluding carboxylic acids is 1. The van der Waals surface area contributed by atoms with Crippen LogP contribution in [0.25, 0.3) is 0 Å². The molecular weight excluding hydrogens is 278 g/mol. The number of likely N-dealkylation sites (tertiary alicyclic amines) is 2. The van der Waals surface area contributed by atoms with E-state index in [0.29, 0.717) is 24.4 Å². The quantitative estimate of drug-likeness (QED) is 0.807. The highest BCUT2D eigenvalue weighted by molar-refractivity contribution is 5.76. The average Bonchev–Trinajstić information content (AvgIpc) is 3.10.